The Labute approximate surface area is 152 Å². The summed E-state index contributed by atoms with van der Waals surface area (Å²) in [5, 5.41) is 3.30. The molecule has 1 heterocycles. The van der Waals surface area contributed by atoms with Crippen LogP contribution in [0, 0.1) is 0 Å². The molecule has 0 aromatic heterocycles. The highest BCUT2D eigenvalue weighted by Crippen LogP contribution is 2.40. The van der Waals surface area contributed by atoms with Crippen LogP contribution in [0.5, 0.6) is 5.75 Å². The van der Waals surface area contributed by atoms with Gasteiger partial charge in [0.05, 0.1) is 13.5 Å². The smallest absolute Gasteiger partial charge is 0.227 e. The predicted octanol–water partition coefficient (Wildman–Crippen LogP) is 3.26. The van der Waals surface area contributed by atoms with E-state index < -0.39 is 0 Å². The number of nitrogens with zero attached hydrogens (tertiary/aromatic N) is 1. The van der Waals surface area contributed by atoms with Crippen molar-refractivity contribution in [2.45, 2.75) is 58.8 Å². The van der Waals surface area contributed by atoms with Gasteiger partial charge in [0, 0.05) is 37.3 Å². The van der Waals surface area contributed by atoms with E-state index in [-0.39, 0.29) is 16.7 Å². The van der Waals surface area contributed by atoms with E-state index in [4.69, 9.17) is 4.74 Å². The molecule has 4 heteroatoms. The van der Waals surface area contributed by atoms with E-state index in [1.54, 1.807) is 7.11 Å². The quantitative estimate of drug-likeness (QED) is 0.913. The van der Waals surface area contributed by atoms with E-state index >= 15 is 0 Å². The lowest BCUT2D eigenvalue weighted by Crippen LogP contribution is -2.47. The highest BCUT2D eigenvalue weighted by atomic mass is 16.5. The Morgan fingerprint density at radius 3 is 1.92 bits per heavy atom. The molecule has 1 amide bonds. The lowest BCUT2D eigenvalue weighted by Gasteiger charge is -2.31. The molecule has 1 fully saturated rings. The third-order valence-electron chi connectivity index (χ3n) is 4.79. The van der Waals surface area contributed by atoms with Crippen LogP contribution in [0.15, 0.2) is 12.1 Å². The van der Waals surface area contributed by atoms with Crippen molar-refractivity contribution in [3.63, 3.8) is 0 Å². The first-order valence-electron chi connectivity index (χ1n) is 9.24. The molecule has 0 atom stereocenters. The van der Waals surface area contributed by atoms with E-state index in [9.17, 15) is 4.79 Å². The molecule has 1 aliphatic rings. The zero-order valence-corrected chi connectivity index (χ0v) is 17.0. The number of methoxy groups -OCH3 is 1. The first-order valence-corrected chi connectivity index (χ1v) is 9.24. The molecule has 1 aromatic rings. The lowest BCUT2D eigenvalue weighted by atomic mass is 9.78. The summed E-state index contributed by atoms with van der Waals surface area (Å²) in [4.78, 5) is 14.7. The van der Waals surface area contributed by atoms with Gasteiger partial charge in [0.15, 0.2) is 0 Å². The molecule has 1 aromatic carbocycles. The Morgan fingerprint density at radius 1 is 1.04 bits per heavy atom. The molecule has 0 aliphatic carbocycles. The average Bonchev–Trinajstić information content (AvgIpc) is 2.53. The molecular formula is C21H34N2O2. The van der Waals surface area contributed by atoms with Crippen molar-refractivity contribution in [3.05, 3.63) is 28.8 Å². The van der Waals surface area contributed by atoms with Crippen molar-refractivity contribution in [1.29, 1.82) is 0 Å². The second kappa shape index (κ2) is 7.36. The van der Waals surface area contributed by atoms with Gasteiger partial charge in [-0.05, 0) is 16.4 Å². The van der Waals surface area contributed by atoms with Crippen LogP contribution >= 0.6 is 0 Å². The van der Waals surface area contributed by atoms with Gasteiger partial charge in [-0.15, -0.1) is 0 Å². The van der Waals surface area contributed by atoms with Crippen molar-refractivity contribution < 1.29 is 9.53 Å². The van der Waals surface area contributed by atoms with E-state index in [0.29, 0.717) is 6.42 Å². The fourth-order valence-electron chi connectivity index (χ4n) is 3.33. The van der Waals surface area contributed by atoms with Gasteiger partial charge in [-0.2, -0.15) is 0 Å². The molecule has 0 saturated carbocycles. The molecule has 2 rings (SSSR count). The van der Waals surface area contributed by atoms with Gasteiger partial charge in [0.1, 0.15) is 5.75 Å². The number of nitrogens with one attached hydrogen (secondary N) is 1. The molecular weight excluding hydrogens is 312 g/mol. The largest absolute Gasteiger partial charge is 0.496 e. The van der Waals surface area contributed by atoms with E-state index in [0.717, 1.165) is 37.5 Å². The topological polar surface area (TPSA) is 41.6 Å². The number of rotatable bonds is 3. The highest BCUT2D eigenvalue weighted by molar-refractivity contribution is 5.79. The third-order valence-corrected chi connectivity index (χ3v) is 4.79. The lowest BCUT2D eigenvalue weighted by molar-refractivity contribution is -0.131. The Kier molecular flexibility index (Phi) is 5.82. The van der Waals surface area contributed by atoms with Crippen LogP contribution in [0.2, 0.25) is 0 Å². The van der Waals surface area contributed by atoms with E-state index in [1.807, 2.05) is 4.90 Å². The van der Waals surface area contributed by atoms with Gasteiger partial charge in [-0.25, -0.2) is 0 Å². The minimum absolute atomic E-state index is 0.0422. The summed E-state index contributed by atoms with van der Waals surface area (Å²) in [6.45, 7) is 16.5. The number of ether oxygens (including phenoxy) is 1. The van der Waals surface area contributed by atoms with Gasteiger partial charge < -0.3 is 15.0 Å². The van der Waals surface area contributed by atoms with E-state index in [2.05, 4.69) is 59.0 Å². The maximum Gasteiger partial charge on any atom is 0.227 e. The maximum atomic E-state index is 12.7. The summed E-state index contributed by atoms with van der Waals surface area (Å²) >= 11 is 0. The summed E-state index contributed by atoms with van der Waals surface area (Å²) in [5.41, 5.74) is 3.34. The molecule has 0 spiro atoms. The minimum Gasteiger partial charge on any atom is -0.496 e. The standard InChI is InChI=1S/C21H34N2O2/c1-20(2,3)16-12-15(13-17(19(16)25-7)21(4,5)6)14-18(24)23-10-8-22-9-11-23/h12-13,22H,8-11,14H2,1-7H3. The zero-order chi connectivity index (χ0) is 18.8. The van der Waals surface area contributed by atoms with Crippen molar-refractivity contribution >= 4 is 5.91 Å². The van der Waals surface area contributed by atoms with Crippen LogP contribution in [0.4, 0.5) is 0 Å². The predicted molar refractivity (Wildman–Crippen MR) is 104 cm³/mol. The summed E-state index contributed by atoms with van der Waals surface area (Å²) in [6, 6.07) is 4.32. The van der Waals surface area contributed by atoms with Crippen LogP contribution in [-0.4, -0.2) is 44.1 Å². The minimum atomic E-state index is -0.0422. The van der Waals surface area contributed by atoms with Crippen LogP contribution in [0.3, 0.4) is 0 Å². The number of amides is 1. The number of hydrogen-bond acceptors (Lipinski definition) is 3. The summed E-state index contributed by atoms with van der Waals surface area (Å²) in [6.07, 6.45) is 0.455. The first kappa shape index (κ1) is 19.8. The van der Waals surface area contributed by atoms with Crippen LogP contribution in [0.1, 0.15) is 58.2 Å². The van der Waals surface area contributed by atoms with Gasteiger partial charge in [0.25, 0.3) is 0 Å². The van der Waals surface area contributed by atoms with Crippen LogP contribution in [-0.2, 0) is 22.0 Å². The second-order valence-electron chi connectivity index (χ2n) is 9.03. The van der Waals surface area contributed by atoms with Crippen LogP contribution in [0.25, 0.3) is 0 Å². The fourth-order valence-corrected chi connectivity index (χ4v) is 3.33. The summed E-state index contributed by atoms with van der Waals surface area (Å²) in [7, 11) is 1.74. The Bertz CT molecular complexity index is 583. The zero-order valence-electron chi connectivity index (χ0n) is 17.0. The van der Waals surface area contributed by atoms with Gasteiger partial charge in [-0.1, -0.05) is 53.7 Å². The summed E-state index contributed by atoms with van der Waals surface area (Å²) < 4.78 is 5.80. The van der Waals surface area contributed by atoms with Crippen molar-refractivity contribution in [2.75, 3.05) is 33.3 Å². The molecule has 1 N–H and O–H groups in total. The normalized spacial score (nSPS) is 16.0. The molecule has 1 aliphatic heterocycles. The van der Waals surface area contributed by atoms with Crippen molar-refractivity contribution in [3.8, 4) is 5.75 Å². The fraction of sp³-hybridized carbons (Fsp3) is 0.667. The van der Waals surface area contributed by atoms with Crippen LogP contribution < -0.4 is 10.1 Å². The van der Waals surface area contributed by atoms with Gasteiger partial charge in [0.2, 0.25) is 5.91 Å². The Hall–Kier alpha value is -1.55. The number of hydrogen-bond donors (Lipinski definition) is 1. The summed E-state index contributed by atoms with van der Waals surface area (Å²) in [5.74, 6) is 1.17. The molecule has 0 bridgehead atoms. The SMILES string of the molecule is COc1c(C(C)(C)C)cc(CC(=O)N2CCNCC2)cc1C(C)(C)C. The second-order valence-corrected chi connectivity index (χ2v) is 9.03. The Morgan fingerprint density at radius 2 is 1.52 bits per heavy atom. The number of carbonyl (C=O) groups is 1. The average molecular weight is 347 g/mol. The number of piperazine rings is 1. The molecule has 25 heavy (non-hydrogen) atoms. The maximum absolute atomic E-state index is 12.7. The molecule has 0 unspecified atom stereocenters. The van der Waals surface area contributed by atoms with E-state index in [1.165, 1.54) is 11.1 Å². The molecule has 140 valence electrons. The van der Waals surface area contributed by atoms with Crippen molar-refractivity contribution in [1.82, 2.24) is 10.2 Å². The molecule has 1 saturated heterocycles. The number of benzene rings is 1. The number of carbonyl (C=O) groups excluding carboxylic acids is 1. The third kappa shape index (κ3) is 4.75. The molecule has 4 nitrogen and oxygen atoms in total. The van der Waals surface area contributed by atoms with Crippen molar-refractivity contribution in [2.24, 2.45) is 0 Å². The first-order chi connectivity index (χ1) is 11.5. The van der Waals surface area contributed by atoms with Gasteiger partial charge in [-0.3, -0.25) is 4.79 Å². The Balaban J connectivity index is 2.42. The highest BCUT2D eigenvalue weighted by Gasteiger charge is 2.28. The monoisotopic (exact) mass is 346 g/mol. The molecule has 0 radical (unpaired) electrons. The van der Waals surface area contributed by atoms with Gasteiger partial charge >= 0.3 is 0 Å².